The quantitative estimate of drug-likeness (QED) is 0.572. The Morgan fingerprint density at radius 2 is 2.00 bits per heavy atom. The van der Waals surface area contributed by atoms with E-state index >= 15 is 0 Å². The molecule has 2 N–H and O–H groups in total. The summed E-state index contributed by atoms with van der Waals surface area (Å²) in [5, 5.41) is 13.7. The van der Waals surface area contributed by atoms with Crippen LogP contribution in [0.25, 0.3) is 0 Å². The van der Waals surface area contributed by atoms with Gasteiger partial charge in [-0.3, -0.25) is 0 Å². The first-order valence-electron chi connectivity index (χ1n) is 7.98. The Balaban J connectivity index is 1.74. The van der Waals surface area contributed by atoms with Crippen LogP contribution in [0.5, 0.6) is 17.5 Å². The van der Waals surface area contributed by atoms with Gasteiger partial charge in [-0.05, 0) is 23.8 Å². The van der Waals surface area contributed by atoms with Crippen molar-refractivity contribution in [3.8, 4) is 17.5 Å². The monoisotopic (exact) mass is 360 g/mol. The predicted octanol–water partition coefficient (Wildman–Crippen LogP) is 0.877. The van der Waals surface area contributed by atoms with Gasteiger partial charge >= 0.3 is 6.01 Å². The minimum absolute atomic E-state index is 0.0648. The summed E-state index contributed by atoms with van der Waals surface area (Å²) in [6.07, 6.45) is 1.56. The molecule has 10 heteroatoms. The fourth-order valence-corrected chi connectivity index (χ4v) is 2.33. The molecule has 1 saturated heterocycles. The number of phenols is 1. The lowest BCUT2D eigenvalue weighted by molar-refractivity contribution is 0.122. The lowest BCUT2D eigenvalue weighted by atomic mass is 10.2. The second-order valence-corrected chi connectivity index (χ2v) is 5.35. The molecule has 1 aliphatic heterocycles. The Morgan fingerprint density at radius 3 is 2.73 bits per heavy atom. The first kappa shape index (κ1) is 17.7. The molecular weight excluding hydrogens is 340 g/mol. The van der Waals surface area contributed by atoms with Gasteiger partial charge in [-0.2, -0.15) is 20.1 Å². The van der Waals surface area contributed by atoms with E-state index in [1.807, 2.05) is 4.90 Å². The molecule has 138 valence electrons. The number of benzene rings is 1. The van der Waals surface area contributed by atoms with Gasteiger partial charge in [0.1, 0.15) is 0 Å². The Morgan fingerprint density at radius 1 is 1.19 bits per heavy atom. The van der Waals surface area contributed by atoms with E-state index in [0.29, 0.717) is 38.0 Å². The molecule has 0 unspecified atom stereocenters. The molecule has 1 aromatic heterocycles. The van der Waals surface area contributed by atoms with E-state index in [1.54, 1.807) is 18.3 Å². The summed E-state index contributed by atoms with van der Waals surface area (Å²) in [7, 11) is 2.98. The molecule has 3 rings (SSSR count). The number of nitrogens with one attached hydrogen (secondary N) is 1. The van der Waals surface area contributed by atoms with Crippen molar-refractivity contribution in [1.29, 1.82) is 0 Å². The van der Waals surface area contributed by atoms with E-state index in [4.69, 9.17) is 14.2 Å². The van der Waals surface area contributed by atoms with Crippen LogP contribution < -0.4 is 19.8 Å². The number of aromatic nitrogens is 3. The molecular formula is C16H20N6O4. The molecule has 1 fully saturated rings. The van der Waals surface area contributed by atoms with Crippen molar-refractivity contribution < 1.29 is 19.3 Å². The lowest BCUT2D eigenvalue weighted by Crippen LogP contribution is -2.37. The lowest BCUT2D eigenvalue weighted by Gasteiger charge is -2.26. The van der Waals surface area contributed by atoms with Crippen molar-refractivity contribution in [3.63, 3.8) is 0 Å². The van der Waals surface area contributed by atoms with Crippen molar-refractivity contribution in [2.24, 2.45) is 5.10 Å². The van der Waals surface area contributed by atoms with Gasteiger partial charge in [0, 0.05) is 13.1 Å². The number of ether oxygens (including phenoxy) is 3. The summed E-state index contributed by atoms with van der Waals surface area (Å²) in [5.41, 5.74) is 3.50. The van der Waals surface area contributed by atoms with Crippen molar-refractivity contribution in [3.05, 3.63) is 23.8 Å². The Labute approximate surface area is 150 Å². The highest BCUT2D eigenvalue weighted by atomic mass is 16.5. The van der Waals surface area contributed by atoms with Gasteiger partial charge in [0.15, 0.2) is 11.5 Å². The maximum Gasteiger partial charge on any atom is 0.322 e. The van der Waals surface area contributed by atoms with E-state index < -0.39 is 0 Å². The highest BCUT2D eigenvalue weighted by Crippen LogP contribution is 2.25. The standard InChI is InChI=1S/C16H20N6O4/c1-24-13-9-11(3-4-12(13)23)10-17-21-14-18-15(20-16(19-14)25-2)22-5-7-26-8-6-22/h3-4,9-10,23H,5-8H2,1-2H3,(H,18,19,20,21). The molecule has 26 heavy (non-hydrogen) atoms. The van der Waals surface area contributed by atoms with E-state index in [2.05, 4.69) is 25.5 Å². The van der Waals surface area contributed by atoms with Gasteiger partial charge in [0.25, 0.3) is 5.95 Å². The van der Waals surface area contributed by atoms with Gasteiger partial charge in [0.05, 0.1) is 33.6 Å². The van der Waals surface area contributed by atoms with Crippen LogP contribution in [-0.4, -0.2) is 66.8 Å². The van der Waals surface area contributed by atoms with Crippen LogP contribution in [0.2, 0.25) is 0 Å². The number of nitrogens with zero attached hydrogens (tertiary/aromatic N) is 5. The van der Waals surface area contributed by atoms with Gasteiger partial charge in [-0.15, -0.1) is 0 Å². The molecule has 10 nitrogen and oxygen atoms in total. The second kappa shape index (κ2) is 8.30. The summed E-state index contributed by atoms with van der Waals surface area (Å²) in [4.78, 5) is 14.8. The summed E-state index contributed by atoms with van der Waals surface area (Å²) in [6, 6.07) is 5.09. The molecule has 0 amide bonds. The first-order chi connectivity index (χ1) is 12.7. The Bertz CT molecular complexity index is 779. The number of hydrogen-bond acceptors (Lipinski definition) is 10. The van der Waals surface area contributed by atoms with E-state index in [-0.39, 0.29) is 17.7 Å². The predicted molar refractivity (Wildman–Crippen MR) is 95.3 cm³/mol. The Hall–Kier alpha value is -3.14. The molecule has 0 bridgehead atoms. The van der Waals surface area contributed by atoms with Gasteiger partial charge < -0.3 is 24.2 Å². The van der Waals surface area contributed by atoms with Crippen LogP contribution in [-0.2, 0) is 4.74 Å². The number of aromatic hydroxyl groups is 1. The zero-order valence-corrected chi connectivity index (χ0v) is 14.5. The minimum atomic E-state index is 0.0648. The molecule has 0 radical (unpaired) electrons. The normalized spacial score (nSPS) is 14.5. The maximum atomic E-state index is 9.61. The maximum absolute atomic E-state index is 9.61. The van der Waals surface area contributed by atoms with Crippen molar-refractivity contribution in [2.75, 3.05) is 50.8 Å². The van der Waals surface area contributed by atoms with E-state index in [9.17, 15) is 5.11 Å². The largest absolute Gasteiger partial charge is 0.504 e. The van der Waals surface area contributed by atoms with Crippen LogP contribution in [0.15, 0.2) is 23.3 Å². The summed E-state index contributed by atoms with van der Waals surface area (Å²) in [5.74, 6) is 1.20. The van der Waals surface area contributed by atoms with Crippen LogP contribution >= 0.6 is 0 Å². The van der Waals surface area contributed by atoms with Crippen LogP contribution in [0.4, 0.5) is 11.9 Å². The topological polar surface area (TPSA) is 114 Å². The molecule has 2 aromatic rings. The molecule has 1 aromatic carbocycles. The van der Waals surface area contributed by atoms with Crippen molar-refractivity contribution in [1.82, 2.24) is 15.0 Å². The fourth-order valence-electron chi connectivity index (χ4n) is 2.33. The third-order valence-electron chi connectivity index (χ3n) is 3.66. The zero-order valence-electron chi connectivity index (χ0n) is 14.5. The number of methoxy groups -OCH3 is 2. The third-order valence-corrected chi connectivity index (χ3v) is 3.66. The summed E-state index contributed by atoms with van der Waals surface area (Å²) < 4.78 is 15.5. The van der Waals surface area contributed by atoms with Gasteiger partial charge in [0.2, 0.25) is 5.95 Å². The highest BCUT2D eigenvalue weighted by Gasteiger charge is 2.16. The molecule has 2 heterocycles. The number of morpholine rings is 1. The molecule has 1 aliphatic rings. The molecule has 0 aliphatic carbocycles. The van der Waals surface area contributed by atoms with E-state index in [1.165, 1.54) is 20.3 Å². The molecule has 0 spiro atoms. The second-order valence-electron chi connectivity index (χ2n) is 5.35. The number of anilines is 2. The number of phenolic OH excluding ortho intramolecular Hbond substituents is 1. The first-order valence-corrected chi connectivity index (χ1v) is 7.98. The van der Waals surface area contributed by atoms with Crippen LogP contribution in [0, 0.1) is 0 Å². The van der Waals surface area contributed by atoms with Gasteiger partial charge in [-0.1, -0.05) is 0 Å². The van der Waals surface area contributed by atoms with Crippen LogP contribution in [0.3, 0.4) is 0 Å². The zero-order chi connectivity index (χ0) is 18.4. The average Bonchev–Trinajstić information content (AvgIpc) is 2.69. The summed E-state index contributed by atoms with van der Waals surface area (Å²) in [6.45, 7) is 2.64. The van der Waals surface area contributed by atoms with Crippen molar-refractivity contribution in [2.45, 2.75) is 0 Å². The third kappa shape index (κ3) is 4.28. The SMILES string of the molecule is COc1nc(NN=Cc2ccc(O)c(OC)c2)nc(N2CCOCC2)n1. The fraction of sp³-hybridized carbons (Fsp3) is 0.375. The number of rotatable bonds is 6. The number of hydrogen-bond donors (Lipinski definition) is 2. The number of hydrazone groups is 1. The highest BCUT2D eigenvalue weighted by molar-refractivity contribution is 5.81. The molecule has 0 atom stereocenters. The Kier molecular flexibility index (Phi) is 5.64. The van der Waals surface area contributed by atoms with Crippen LogP contribution in [0.1, 0.15) is 5.56 Å². The minimum Gasteiger partial charge on any atom is -0.504 e. The van der Waals surface area contributed by atoms with Crippen molar-refractivity contribution >= 4 is 18.1 Å². The average molecular weight is 360 g/mol. The summed E-state index contributed by atoms with van der Waals surface area (Å²) >= 11 is 0. The smallest absolute Gasteiger partial charge is 0.322 e. The molecule has 0 saturated carbocycles. The van der Waals surface area contributed by atoms with E-state index in [0.717, 1.165) is 5.56 Å². The van der Waals surface area contributed by atoms with Gasteiger partial charge in [-0.25, -0.2) is 5.43 Å².